The summed E-state index contributed by atoms with van der Waals surface area (Å²) in [7, 11) is 1.83. The number of pyridine rings is 1. The van der Waals surface area contributed by atoms with Crippen LogP contribution in [0.15, 0.2) is 39.9 Å². The molecule has 0 bridgehead atoms. The number of fused-ring (bicyclic) bond motifs is 1. The summed E-state index contributed by atoms with van der Waals surface area (Å²) in [4.78, 5) is 31.3. The minimum absolute atomic E-state index is 0.00314. The Hall–Kier alpha value is -2.01. The van der Waals surface area contributed by atoms with Gasteiger partial charge in [0.2, 0.25) is 0 Å². The van der Waals surface area contributed by atoms with Gasteiger partial charge in [0.25, 0.3) is 0 Å². The number of aromatic nitrogens is 1. The van der Waals surface area contributed by atoms with Gasteiger partial charge in [0.1, 0.15) is 11.9 Å². The number of aryl methyl sites for hydroxylation is 1. The molecule has 1 unspecified atom stereocenters. The van der Waals surface area contributed by atoms with Gasteiger partial charge in [0.05, 0.1) is 5.52 Å². The zero-order valence-electron chi connectivity index (χ0n) is 14.2. The molecular weight excluding hydrogens is 368 g/mol. The minimum atomic E-state index is -0.488. The van der Waals surface area contributed by atoms with Crippen LogP contribution in [0.3, 0.4) is 0 Å². The molecule has 1 aliphatic carbocycles. The van der Waals surface area contributed by atoms with Crippen molar-refractivity contribution in [3.63, 3.8) is 0 Å². The lowest BCUT2D eigenvalue weighted by Crippen LogP contribution is -2.44. The molecule has 0 amide bonds. The van der Waals surface area contributed by atoms with Crippen molar-refractivity contribution in [1.29, 1.82) is 0 Å². The van der Waals surface area contributed by atoms with Gasteiger partial charge in [-0.15, -0.1) is 0 Å². The van der Waals surface area contributed by atoms with Crippen molar-refractivity contribution in [2.45, 2.75) is 33.2 Å². The standard InChI is InChI=1S/C19H19BrN2O2/c1-10-7-18(21-15-8-13(20)5-6-14(10)15)22(4)16-9-17(23)11(2)12(3)19(16)24/h5-8,16H,9H2,1-4H3. The monoisotopic (exact) mass is 386 g/mol. The number of nitrogens with zero attached hydrogens (tertiary/aromatic N) is 2. The lowest BCUT2D eigenvalue weighted by atomic mass is 9.87. The molecule has 0 saturated heterocycles. The molecule has 0 fully saturated rings. The van der Waals surface area contributed by atoms with Gasteiger partial charge >= 0.3 is 0 Å². The second-order valence-corrected chi connectivity index (χ2v) is 7.24. The fourth-order valence-corrected chi connectivity index (χ4v) is 3.43. The zero-order valence-corrected chi connectivity index (χ0v) is 15.8. The van der Waals surface area contributed by atoms with E-state index in [2.05, 4.69) is 15.9 Å². The molecule has 0 spiro atoms. The van der Waals surface area contributed by atoms with Crippen molar-refractivity contribution in [3.05, 3.63) is 45.4 Å². The molecule has 1 aromatic heterocycles. The fourth-order valence-electron chi connectivity index (χ4n) is 3.08. The first-order valence-corrected chi connectivity index (χ1v) is 8.63. The van der Waals surface area contributed by atoms with E-state index in [1.54, 1.807) is 13.8 Å². The van der Waals surface area contributed by atoms with Crippen LogP contribution in [-0.4, -0.2) is 29.6 Å². The average Bonchev–Trinajstić information content (AvgIpc) is 2.55. The maximum Gasteiger partial charge on any atom is 0.181 e. The number of Topliss-reactive ketones (excluding diaryl/α,β-unsaturated/α-hetero) is 2. The average molecular weight is 387 g/mol. The summed E-state index contributed by atoms with van der Waals surface area (Å²) in [6.45, 7) is 5.48. The molecule has 0 saturated carbocycles. The molecule has 1 aliphatic rings. The molecule has 0 N–H and O–H groups in total. The van der Waals surface area contributed by atoms with E-state index in [-0.39, 0.29) is 18.0 Å². The van der Waals surface area contributed by atoms with E-state index in [9.17, 15) is 9.59 Å². The summed E-state index contributed by atoms with van der Waals surface area (Å²) >= 11 is 3.47. The Morgan fingerprint density at radius 2 is 1.83 bits per heavy atom. The number of hydrogen-bond donors (Lipinski definition) is 0. The van der Waals surface area contributed by atoms with Gasteiger partial charge < -0.3 is 4.90 Å². The normalized spacial score (nSPS) is 18.5. The molecule has 0 aliphatic heterocycles. The number of carbonyl (C=O) groups is 2. The first kappa shape index (κ1) is 16.8. The fraction of sp³-hybridized carbons (Fsp3) is 0.316. The van der Waals surface area contributed by atoms with E-state index in [1.165, 1.54) is 0 Å². The van der Waals surface area contributed by atoms with E-state index >= 15 is 0 Å². The smallest absolute Gasteiger partial charge is 0.181 e. The third kappa shape index (κ3) is 2.77. The van der Waals surface area contributed by atoms with E-state index < -0.39 is 6.04 Å². The number of halogens is 1. The van der Waals surface area contributed by atoms with Crippen molar-refractivity contribution in [2.75, 3.05) is 11.9 Å². The summed E-state index contributed by atoms with van der Waals surface area (Å²) in [5, 5.41) is 1.08. The van der Waals surface area contributed by atoms with E-state index in [4.69, 9.17) is 4.98 Å². The van der Waals surface area contributed by atoms with Crippen molar-refractivity contribution in [2.24, 2.45) is 0 Å². The van der Waals surface area contributed by atoms with Crippen molar-refractivity contribution >= 4 is 44.2 Å². The summed E-state index contributed by atoms with van der Waals surface area (Å²) in [6.07, 6.45) is 0.204. The largest absolute Gasteiger partial charge is 0.349 e. The highest BCUT2D eigenvalue weighted by Gasteiger charge is 2.34. The Morgan fingerprint density at radius 3 is 2.54 bits per heavy atom. The van der Waals surface area contributed by atoms with Crippen LogP contribution >= 0.6 is 15.9 Å². The van der Waals surface area contributed by atoms with Crippen LogP contribution in [0.1, 0.15) is 25.8 Å². The first-order chi connectivity index (χ1) is 11.3. The lowest BCUT2D eigenvalue weighted by Gasteiger charge is -2.31. The van der Waals surface area contributed by atoms with Crippen molar-refractivity contribution < 1.29 is 9.59 Å². The lowest BCUT2D eigenvalue weighted by molar-refractivity contribution is -0.123. The van der Waals surface area contributed by atoms with Crippen molar-refractivity contribution in [3.8, 4) is 0 Å². The molecule has 3 rings (SSSR count). The maximum atomic E-state index is 12.6. The quantitative estimate of drug-likeness (QED) is 0.782. The summed E-state index contributed by atoms with van der Waals surface area (Å²) in [5.74, 6) is 0.740. The number of likely N-dealkylation sites (N-methyl/N-ethyl adjacent to an activating group) is 1. The predicted molar refractivity (Wildman–Crippen MR) is 99.4 cm³/mol. The molecule has 5 heteroatoms. The van der Waals surface area contributed by atoms with Crippen LogP contribution in [0.25, 0.3) is 10.9 Å². The van der Waals surface area contributed by atoms with Crippen molar-refractivity contribution in [1.82, 2.24) is 4.98 Å². The van der Waals surface area contributed by atoms with Gasteiger partial charge in [-0.05, 0) is 50.1 Å². The van der Waals surface area contributed by atoms with E-state index in [0.717, 1.165) is 20.9 Å². The number of benzene rings is 1. The molecule has 124 valence electrons. The number of allylic oxidation sites excluding steroid dienone is 1. The minimum Gasteiger partial charge on any atom is -0.349 e. The second-order valence-electron chi connectivity index (χ2n) is 6.33. The van der Waals surface area contributed by atoms with E-state index in [1.807, 2.05) is 43.1 Å². The third-order valence-corrected chi connectivity index (χ3v) is 5.32. The Labute approximate surface area is 149 Å². The van der Waals surface area contributed by atoms with E-state index in [0.29, 0.717) is 17.0 Å². The number of ketones is 2. The van der Waals surface area contributed by atoms with Gasteiger partial charge in [-0.3, -0.25) is 9.59 Å². The molecule has 1 atom stereocenters. The number of carbonyl (C=O) groups excluding carboxylic acids is 2. The predicted octanol–water partition coefficient (Wildman–Crippen LogP) is 3.99. The topological polar surface area (TPSA) is 50.3 Å². The highest BCUT2D eigenvalue weighted by molar-refractivity contribution is 9.10. The summed E-state index contributed by atoms with van der Waals surface area (Å²) in [5.41, 5.74) is 3.09. The molecule has 0 radical (unpaired) electrons. The molecule has 4 nitrogen and oxygen atoms in total. The summed E-state index contributed by atoms with van der Waals surface area (Å²) < 4.78 is 0.958. The number of anilines is 1. The third-order valence-electron chi connectivity index (χ3n) is 4.83. The first-order valence-electron chi connectivity index (χ1n) is 7.84. The number of hydrogen-bond acceptors (Lipinski definition) is 4. The SMILES string of the molecule is CC1=C(C)C(=O)C(N(C)c2cc(C)c3ccc(Br)cc3n2)CC1=O. The van der Waals surface area contributed by atoms with Gasteiger partial charge in [0, 0.05) is 28.9 Å². The van der Waals surface area contributed by atoms with Gasteiger partial charge in [0.15, 0.2) is 11.6 Å². The van der Waals surface area contributed by atoms with Crippen LogP contribution in [0.2, 0.25) is 0 Å². The Kier molecular flexibility index (Phi) is 4.30. The van der Waals surface area contributed by atoms with Gasteiger partial charge in [-0.1, -0.05) is 22.0 Å². The molecule has 2 aromatic rings. The molecule has 24 heavy (non-hydrogen) atoms. The molecular formula is C19H19BrN2O2. The number of rotatable bonds is 2. The zero-order chi connectivity index (χ0) is 17.6. The van der Waals surface area contributed by atoms with Crippen LogP contribution in [0.4, 0.5) is 5.82 Å². The van der Waals surface area contributed by atoms with Crippen LogP contribution in [-0.2, 0) is 9.59 Å². The highest BCUT2D eigenvalue weighted by atomic mass is 79.9. The van der Waals surface area contributed by atoms with Crippen LogP contribution in [0.5, 0.6) is 0 Å². The van der Waals surface area contributed by atoms with Gasteiger partial charge in [-0.2, -0.15) is 0 Å². The molecule has 1 heterocycles. The molecule has 1 aromatic carbocycles. The highest BCUT2D eigenvalue weighted by Crippen LogP contribution is 2.28. The van der Waals surface area contributed by atoms with Crippen LogP contribution < -0.4 is 4.90 Å². The maximum absolute atomic E-state index is 12.6. The summed E-state index contributed by atoms with van der Waals surface area (Å²) in [6, 6.07) is 7.45. The Morgan fingerprint density at radius 1 is 1.12 bits per heavy atom. The Bertz CT molecular complexity index is 902. The van der Waals surface area contributed by atoms with Crippen LogP contribution in [0, 0.1) is 6.92 Å². The second kappa shape index (κ2) is 6.13. The van der Waals surface area contributed by atoms with Gasteiger partial charge in [-0.25, -0.2) is 4.98 Å². The Balaban J connectivity index is 2.04.